The fraction of sp³-hybridized carbons (Fsp3) is 0.316. The standard InChI is InChI=1S/C19H22N4O2S/c1-3-23-17(16-10-7-13-25-16)21-22-19(23)26-14(2)18(24)20-12-11-15-8-5-4-6-9-15/h4-10,13-14H,3,11-12H2,1-2H3,(H,20,24). The summed E-state index contributed by atoms with van der Waals surface area (Å²) < 4.78 is 7.37. The quantitative estimate of drug-likeness (QED) is 0.615. The molecule has 0 aliphatic heterocycles. The van der Waals surface area contributed by atoms with Gasteiger partial charge in [-0.25, -0.2) is 0 Å². The summed E-state index contributed by atoms with van der Waals surface area (Å²) in [4.78, 5) is 12.4. The molecule has 0 radical (unpaired) electrons. The van der Waals surface area contributed by atoms with Gasteiger partial charge in [0.2, 0.25) is 5.91 Å². The first-order valence-electron chi connectivity index (χ1n) is 8.64. The molecule has 3 rings (SSSR count). The third-order valence-electron chi connectivity index (χ3n) is 3.98. The van der Waals surface area contributed by atoms with E-state index >= 15 is 0 Å². The van der Waals surface area contributed by atoms with Crippen LogP contribution in [0.2, 0.25) is 0 Å². The Morgan fingerprint density at radius 1 is 1.23 bits per heavy atom. The Kier molecular flexibility index (Phi) is 6.12. The van der Waals surface area contributed by atoms with Crippen molar-refractivity contribution in [2.45, 2.75) is 37.2 Å². The van der Waals surface area contributed by atoms with Crippen LogP contribution in [0.25, 0.3) is 11.6 Å². The van der Waals surface area contributed by atoms with Crippen molar-refractivity contribution in [3.05, 3.63) is 54.3 Å². The van der Waals surface area contributed by atoms with Gasteiger partial charge in [0.25, 0.3) is 0 Å². The molecule has 7 heteroatoms. The van der Waals surface area contributed by atoms with Crippen LogP contribution >= 0.6 is 11.8 Å². The smallest absolute Gasteiger partial charge is 0.233 e. The number of aromatic nitrogens is 3. The van der Waals surface area contributed by atoms with Crippen molar-refractivity contribution in [2.75, 3.05) is 6.54 Å². The number of hydrogen-bond acceptors (Lipinski definition) is 5. The van der Waals surface area contributed by atoms with Crippen LogP contribution in [-0.2, 0) is 17.8 Å². The molecule has 1 N–H and O–H groups in total. The zero-order chi connectivity index (χ0) is 18.4. The van der Waals surface area contributed by atoms with E-state index < -0.39 is 0 Å². The van der Waals surface area contributed by atoms with Crippen LogP contribution < -0.4 is 5.32 Å². The van der Waals surface area contributed by atoms with E-state index in [4.69, 9.17) is 4.42 Å². The van der Waals surface area contributed by atoms with Gasteiger partial charge in [0.15, 0.2) is 16.7 Å². The number of hydrogen-bond donors (Lipinski definition) is 1. The highest BCUT2D eigenvalue weighted by molar-refractivity contribution is 8.00. The van der Waals surface area contributed by atoms with Gasteiger partial charge >= 0.3 is 0 Å². The summed E-state index contributed by atoms with van der Waals surface area (Å²) in [7, 11) is 0. The van der Waals surface area contributed by atoms with Gasteiger partial charge in [-0.3, -0.25) is 9.36 Å². The number of carbonyl (C=O) groups is 1. The van der Waals surface area contributed by atoms with E-state index in [0.717, 1.165) is 6.42 Å². The fourth-order valence-corrected chi connectivity index (χ4v) is 3.52. The number of carbonyl (C=O) groups excluding carboxylic acids is 1. The lowest BCUT2D eigenvalue weighted by Gasteiger charge is -2.12. The minimum Gasteiger partial charge on any atom is -0.461 e. The van der Waals surface area contributed by atoms with Crippen molar-refractivity contribution >= 4 is 17.7 Å². The van der Waals surface area contributed by atoms with Crippen LogP contribution in [0.3, 0.4) is 0 Å². The maximum Gasteiger partial charge on any atom is 0.233 e. The SMILES string of the molecule is CCn1c(SC(C)C(=O)NCCc2ccccc2)nnc1-c1ccco1. The number of amides is 1. The molecule has 1 atom stereocenters. The Labute approximate surface area is 157 Å². The average molecular weight is 370 g/mol. The molecular weight excluding hydrogens is 348 g/mol. The van der Waals surface area contributed by atoms with Crippen molar-refractivity contribution in [2.24, 2.45) is 0 Å². The molecule has 26 heavy (non-hydrogen) atoms. The van der Waals surface area contributed by atoms with Crippen LogP contribution in [0.4, 0.5) is 0 Å². The van der Waals surface area contributed by atoms with Gasteiger partial charge in [0.05, 0.1) is 11.5 Å². The summed E-state index contributed by atoms with van der Waals surface area (Å²) in [5.41, 5.74) is 1.21. The molecule has 3 aromatic rings. The molecule has 2 aromatic heterocycles. The first-order chi connectivity index (χ1) is 12.7. The molecule has 136 valence electrons. The Morgan fingerprint density at radius 2 is 2.04 bits per heavy atom. The van der Waals surface area contributed by atoms with Crippen molar-refractivity contribution in [3.8, 4) is 11.6 Å². The lowest BCUT2D eigenvalue weighted by molar-refractivity contribution is -0.120. The van der Waals surface area contributed by atoms with Crippen molar-refractivity contribution in [1.29, 1.82) is 0 Å². The van der Waals surface area contributed by atoms with Crippen molar-refractivity contribution < 1.29 is 9.21 Å². The van der Waals surface area contributed by atoms with Crippen LogP contribution in [-0.4, -0.2) is 32.5 Å². The molecule has 0 aliphatic carbocycles. The molecule has 0 bridgehead atoms. The zero-order valence-electron chi connectivity index (χ0n) is 14.9. The van der Waals surface area contributed by atoms with Crippen molar-refractivity contribution in [3.63, 3.8) is 0 Å². The number of nitrogens with one attached hydrogen (secondary N) is 1. The normalized spacial score (nSPS) is 12.1. The number of nitrogens with zero attached hydrogens (tertiary/aromatic N) is 3. The zero-order valence-corrected chi connectivity index (χ0v) is 15.7. The second kappa shape index (κ2) is 8.71. The third kappa shape index (κ3) is 4.35. The van der Waals surface area contributed by atoms with Crippen molar-refractivity contribution in [1.82, 2.24) is 20.1 Å². The molecule has 1 amide bonds. The molecule has 0 fully saturated rings. The lowest BCUT2D eigenvalue weighted by Crippen LogP contribution is -2.32. The van der Waals surface area contributed by atoms with Crippen LogP contribution in [0.15, 0.2) is 58.3 Å². The fourth-order valence-electron chi connectivity index (χ4n) is 2.58. The second-order valence-corrected chi connectivity index (χ2v) is 7.12. The van der Waals surface area contributed by atoms with Gasteiger partial charge in [-0.2, -0.15) is 0 Å². The van der Waals surface area contributed by atoms with Crippen LogP contribution in [0.1, 0.15) is 19.4 Å². The van der Waals surface area contributed by atoms with E-state index in [1.165, 1.54) is 17.3 Å². The molecule has 1 aromatic carbocycles. The Morgan fingerprint density at radius 3 is 2.73 bits per heavy atom. The summed E-state index contributed by atoms with van der Waals surface area (Å²) in [6, 6.07) is 13.8. The predicted octanol–water partition coefficient (Wildman–Crippen LogP) is 3.40. The summed E-state index contributed by atoms with van der Waals surface area (Å²) in [5, 5.41) is 11.9. The van der Waals surface area contributed by atoms with Gasteiger partial charge in [0, 0.05) is 13.1 Å². The number of rotatable bonds is 8. The van der Waals surface area contributed by atoms with Gasteiger partial charge in [0.1, 0.15) is 0 Å². The average Bonchev–Trinajstić information content (AvgIpc) is 3.31. The maximum absolute atomic E-state index is 12.4. The Balaban J connectivity index is 1.57. The summed E-state index contributed by atoms with van der Waals surface area (Å²) in [5.74, 6) is 1.35. The monoisotopic (exact) mass is 370 g/mol. The van der Waals surface area contributed by atoms with Crippen LogP contribution in [0.5, 0.6) is 0 Å². The molecule has 0 aliphatic rings. The molecule has 0 spiro atoms. The maximum atomic E-state index is 12.4. The van der Waals surface area contributed by atoms with E-state index in [2.05, 4.69) is 27.6 Å². The highest BCUT2D eigenvalue weighted by Gasteiger charge is 2.20. The lowest BCUT2D eigenvalue weighted by atomic mass is 10.1. The number of furan rings is 1. The molecular formula is C19H22N4O2S. The first-order valence-corrected chi connectivity index (χ1v) is 9.52. The predicted molar refractivity (Wildman–Crippen MR) is 102 cm³/mol. The van der Waals surface area contributed by atoms with E-state index in [0.29, 0.717) is 29.8 Å². The minimum atomic E-state index is -0.260. The highest BCUT2D eigenvalue weighted by Crippen LogP contribution is 2.26. The highest BCUT2D eigenvalue weighted by atomic mass is 32.2. The third-order valence-corrected chi connectivity index (χ3v) is 5.06. The Bertz CT molecular complexity index is 831. The molecule has 2 heterocycles. The van der Waals surface area contributed by atoms with Gasteiger partial charge in [-0.1, -0.05) is 42.1 Å². The van der Waals surface area contributed by atoms with E-state index in [-0.39, 0.29) is 11.2 Å². The van der Waals surface area contributed by atoms with Crippen LogP contribution in [0, 0.1) is 0 Å². The van der Waals surface area contributed by atoms with E-state index in [9.17, 15) is 4.79 Å². The summed E-state index contributed by atoms with van der Waals surface area (Å²) >= 11 is 1.40. The largest absolute Gasteiger partial charge is 0.461 e. The summed E-state index contributed by atoms with van der Waals surface area (Å²) in [6.45, 7) is 5.22. The molecule has 0 saturated heterocycles. The molecule has 6 nitrogen and oxygen atoms in total. The first kappa shape index (κ1) is 18.3. The van der Waals surface area contributed by atoms with E-state index in [1.807, 2.05) is 48.7 Å². The van der Waals surface area contributed by atoms with Gasteiger partial charge < -0.3 is 9.73 Å². The number of benzene rings is 1. The van der Waals surface area contributed by atoms with Gasteiger partial charge in [-0.15, -0.1) is 10.2 Å². The number of thioether (sulfide) groups is 1. The molecule has 1 unspecified atom stereocenters. The summed E-state index contributed by atoms with van der Waals surface area (Å²) in [6.07, 6.45) is 2.43. The molecule has 0 saturated carbocycles. The van der Waals surface area contributed by atoms with Gasteiger partial charge in [-0.05, 0) is 38.0 Å². The second-order valence-electron chi connectivity index (χ2n) is 5.81. The minimum absolute atomic E-state index is 0.00358. The van der Waals surface area contributed by atoms with E-state index in [1.54, 1.807) is 6.26 Å². The topological polar surface area (TPSA) is 73.0 Å². The Hall–Kier alpha value is -2.54.